The average Bonchev–Trinajstić information content (AvgIpc) is 2.01. The lowest BCUT2D eigenvalue weighted by atomic mass is 10.1. The van der Waals surface area contributed by atoms with E-state index in [0.717, 1.165) is 11.1 Å². The molecule has 0 radical (unpaired) electrons. The molecule has 1 aromatic carbocycles. The topological polar surface area (TPSA) is 46.5 Å². The van der Waals surface area contributed by atoms with Gasteiger partial charge >= 0.3 is 6.16 Å². The monoisotopic (exact) mass is 166 g/mol. The minimum atomic E-state index is -1.24. The third kappa shape index (κ3) is 2.62. The van der Waals surface area contributed by atoms with E-state index in [1.165, 1.54) is 0 Å². The summed E-state index contributed by atoms with van der Waals surface area (Å²) < 4.78 is 4.40. The molecule has 0 unspecified atom stereocenters. The van der Waals surface area contributed by atoms with E-state index in [-0.39, 0.29) is 6.61 Å². The lowest BCUT2D eigenvalue weighted by Gasteiger charge is -2.00. The van der Waals surface area contributed by atoms with Gasteiger partial charge in [0.05, 0.1) is 0 Å². The van der Waals surface area contributed by atoms with Gasteiger partial charge in [-0.05, 0) is 12.5 Å². The largest absolute Gasteiger partial charge is 0.506 e. The van der Waals surface area contributed by atoms with Crippen LogP contribution in [0.15, 0.2) is 24.3 Å². The molecule has 12 heavy (non-hydrogen) atoms. The predicted octanol–water partition coefficient (Wildman–Crippen LogP) is 2.19. The van der Waals surface area contributed by atoms with Gasteiger partial charge in [-0.3, -0.25) is 0 Å². The number of benzene rings is 1. The Bertz CT molecular complexity index is 281. The lowest BCUT2D eigenvalue weighted by Crippen LogP contribution is -1.99. The molecule has 0 fully saturated rings. The van der Waals surface area contributed by atoms with Crippen LogP contribution in [0.2, 0.25) is 0 Å². The van der Waals surface area contributed by atoms with Crippen molar-refractivity contribution in [2.24, 2.45) is 0 Å². The van der Waals surface area contributed by atoms with Gasteiger partial charge in [0, 0.05) is 0 Å². The van der Waals surface area contributed by atoms with Gasteiger partial charge in [0.15, 0.2) is 0 Å². The van der Waals surface area contributed by atoms with Crippen molar-refractivity contribution >= 4 is 6.16 Å². The second-order valence-corrected chi connectivity index (χ2v) is 2.54. The molecule has 0 aliphatic rings. The van der Waals surface area contributed by atoms with Crippen molar-refractivity contribution in [3.8, 4) is 0 Å². The SMILES string of the molecule is Cc1cccc(COC(=O)O)c1. The number of carboxylic acid groups (broad SMARTS) is 1. The fourth-order valence-corrected chi connectivity index (χ4v) is 0.947. The first-order valence-corrected chi connectivity index (χ1v) is 3.60. The standard InChI is InChI=1S/C9H10O3/c1-7-3-2-4-8(5-7)6-12-9(10)11/h2-5H,6H2,1H3,(H,10,11). The maximum Gasteiger partial charge on any atom is 0.506 e. The second kappa shape index (κ2) is 3.76. The summed E-state index contributed by atoms with van der Waals surface area (Å²) in [6, 6.07) is 7.54. The summed E-state index contributed by atoms with van der Waals surface area (Å²) >= 11 is 0. The summed E-state index contributed by atoms with van der Waals surface area (Å²) in [6.07, 6.45) is -1.24. The molecule has 1 rings (SSSR count). The van der Waals surface area contributed by atoms with Crippen LogP contribution in [0.1, 0.15) is 11.1 Å². The number of aryl methyl sites for hydroxylation is 1. The molecule has 0 bridgehead atoms. The summed E-state index contributed by atoms with van der Waals surface area (Å²) in [5.41, 5.74) is 1.97. The Kier molecular flexibility index (Phi) is 2.69. The number of rotatable bonds is 2. The summed E-state index contributed by atoms with van der Waals surface area (Å²) in [7, 11) is 0. The Hall–Kier alpha value is -1.51. The molecule has 0 aliphatic heterocycles. The quantitative estimate of drug-likeness (QED) is 0.685. The van der Waals surface area contributed by atoms with Crippen LogP contribution >= 0.6 is 0 Å². The molecule has 0 aliphatic carbocycles. The van der Waals surface area contributed by atoms with Crippen LogP contribution in [0.25, 0.3) is 0 Å². The van der Waals surface area contributed by atoms with E-state index in [4.69, 9.17) is 5.11 Å². The van der Waals surface area contributed by atoms with E-state index in [1.807, 2.05) is 31.2 Å². The smallest absolute Gasteiger partial charge is 0.450 e. The zero-order chi connectivity index (χ0) is 8.97. The van der Waals surface area contributed by atoms with Crippen molar-refractivity contribution in [2.45, 2.75) is 13.5 Å². The van der Waals surface area contributed by atoms with Gasteiger partial charge in [-0.25, -0.2) is 4.79 Å². The normalized spacial score (nSPS) is 9.42. The third-order valence-electron chi connectivity index (χ3n) is 1.44. The molecule has 0 saturated carbocycles. The molecule has 0 aromatic heterocycles. The van der Waals surface area contributed by atoms with Gasteiger partial charge in [-0.1, -0.05) is 29.8 Å². The Morgan fingerprint density at radius 1 is 1.58 bits per heavy atom. The maximum absolute atomic E-state index is 10.0. The van der Waals surface area contributed by atoms with Crippen molar-refractivity contribution in [3.63, 3.8) is 0 Å². The molecule has 0 atom stereocenters. The zero-order valence-corrected chi connectivity index (χ0v) is 6.78. The molecule has 0 spiro atoms. The van der Waals surface area contributed by atoms with Crippen LogP contribution in [-0.4, -0.2) is 11.3 Å². The van der Waals surface area contributed by atoms with Crippen LogP contribution in [0.5, 0.6) is 0 Å². The van der Waals surface area contributed by atoms with Crippen molar-refractivity contribution in [2.75, 3.05) is 0 Å². The van der Waals surface area contributed by atoms with Gasteiger partial charge in [0.1, 0.15) is 6.61 Å². The maximum atomic E-state index is 10.0. The second-order valence-electron chi connectivity index (χ2n) is 2.54. The van der Waals surface area contributed by atoms with Crippen molar-refractivity contribution in [3.05, 3.63) is 35.4 Å². The fourth-order valence-electron chi connectivity index (χ4n) is 0.947. The molecule has 3 nitrogen and oxygen atoms in total. The fraction of sp³-hybridized carbons (Fsp3) is 0.222. The van der Waals surface area contributed by atoms with Crippen molar-refractivity contribution < 1.29 is 14.6 Å². The van der Waals surface area contributed by atoms with Crippen LogP contribution in [0.3, 0.4) is 0 Å². The Labute approximate surface area is 70.6 Å². The third-order valence-corrected chi connectivity index (χ3v) is 1.44. The lowest BCUT2D eigenvalue weighted by molar-refractivity contribution is 0.0853. The zero-order valence-electron chi connectivity index (χ0n) is 6.78. The summed E-state index contributed by atoms with van der Waals surface area (Å²) in [4.78, 5) is 10.0. The minimum Gasteiger partial charge on any atom is -0.450 e. The summed E-state index contributed by atoms with van der Waals surface area (Å²) in [6.45, 7) is 2.07. The molecular formula is C9H10O3. The number of hydrogen-bond acceptors (Lipinski definition) is 2. The number of hydrogen-bond donors (Lipinski definition) is 1. The highest BCUT2D eigenvalue weighted by atomic mass is 16.7. The molecule has 64 valence electrons. The van der Waals surface area contributed by atoms with Gasteiger partial charge < -0.3 is 9.84 Å². The highest BCUT2D eigenvalue weighted by molar-refractivity contribution is 5.56. The highest BCUT2D eigenvalue weighted by Gasteiger charge is 1.97. The van der Waals surface area contributed by atoms with Crippen LogP contribution in [-0.2, 0) is 11.3 Å². The van der Waals surface area contributed by atoms with E-state index in [1.54, 1.807) is 0 Å². The van der Waals surface area contributed by atoms with E-state index < -0.39 is 6.16 Å². The molecule has 3 heteroatoms. The molecule has 1 aromatic rings. The number of carbonyl (C=O) groups is 1. The molecular weight excluding hydrogens is 156 g/mol. The number of ether oxygens (including phenoxy) is 1. The van der Waals surface area contributed by atoms with Crippen LogP contribution in [0, 0.1) is 6.92 Å². The van der Waals surface area contributed by atoms with E-state index in [0.29, 0.717) is 0 Å². The first kappa shape index (κ1) is 8.59. The minimum absolute atomic E-state index is 0.122. The first-order valence-electron chi connectivity index (χ1n) is 3.60. The summed E-state index contributed by atoms with van der Waals surface area (Å²) in [5, 5.41) is 8.22. The molecule has 0 amide bonds. The van der Waals surface area contributed by atoms with Gasteiger partial charge in [0.25, 0.3) is 0 Å². The van der Waals surface area contributed by atoms with E-state index in [2.05, 4.69) is 4.74 Å². The average molecular weight is 166 g/mol. The van der Waals surface area contributed by atoms with E-state index in [9.17, 15) is 4.79 Å². The predicted molar refractivity (Wildman–Crippen MR) is 44.0 cm³/mol. The summed E-state index contributed by atoms with van der Waals surface area (Å²) in [5.74, 6) is 0. The molecule has 0 saturated heterocycles. The Morgan fingerprint density at radius 3 is 2.92 bits per heavy atom. The van der Waals surface area contributed by atoms with Crippen molar-refractivity contribution in [1.82, 2.24) is 0 Å². The van der Waals surface area contributed by atoms with E-state index >= 15 is 0 Å². The highest BCUT2D eigenvalue weighted by Crippen LogP contribution is 2.04. The van der Waals surface area contributed by atoms with Gasteiger partial charge in [-0.15, -0.1) is 0 Å². The first-order chi connectivity index (χ1) is 5.68. The Balaban J connectivity index is 2.57. The molecule has 0 heterocycles. The van der Waals surface area contributed by atoms with Gasteiger partial charge in [0.2, 0.25) is 0 Å². The molecule has 1 N–H and O–H groups in total. The van der Waals surface area contributed by atoms with Gasteiger partial charge in [-0.2, -0.15) is 0 Å². The Morgan fingerprint density at radius 2 is 2.33 bits per heavy atom. The van der Waals surface area contributed by atoms with Crippen molar-refractivity contribution in [1.29, 1.82) is 0 Å². The van der Waals surface area contributed by atoms with Crippen LogP contribution < -0.4 is 0 Å². The van der Waals surface area contributed by atoms with Crippen LogP contribution in [0.4, 0.5) is 4.79 Å².